The van der Waals surface area contributed by atoms with Crippen molar-refractivity contribution in [2.24, 2.45) is 0 Å². The number of hydrogen-bond acceptors (Lipinski definition) is 4. The lowest BCUT2D eigenvalue weighted by Crippen LogP contribution is -2.06. The third-order valence-electron chi connectivity index (χ3n) is 4.16. The lowest BCUT2D eigenvalue weighted by atomic mass is 10.0. The van der Waals surface area contributed by atoms with Crippen molar-refractivity contribution in [2.45, 2.75) is 52.4 Å². The SMILES string of the molecule is CCNc1cc(C2CCCC2)nc(-c2cc(C)sc2C)n1. The van der Waals surface area contributed by atoms with Crippen LogP contribution >= 0.6 is 11.3 Å². The molecule has 21 heavy (non-hydrogen) atoms. The second kappa shape index (κ2) is 6.14. The Labute approximate surface area is 130 Å². The molecule has 2 aromatic rings. The van der Waals surface area contributed by atoms with Crippen LogP contribution in [0.2, 0.25) is 0 Å². The van der Waals surface area contributed by atoms with Gasteiger partial charge in [0.2, 0.25) is 0 Å². The summed E-state index contributed by atoms with van der Waals surface area (Å²) < 4.78 is 0. The fourth-order valence-electron chi connectivity index (χ4n) is 3.14. The van der Waals surface area contributed by atoms with Crippen LogP contribution in [-0.2, 0) is 0 Å². The number of aromatic nitrogens is 2. The van der Waals surface area contributed by atoms with E-state index >= 15 is 0 Å². The van der Waals surface area contributed by atoms with Crippen LogP contribution in [0, 0.1) is 13.8 Å². The molecule has 1 fully saturated rings. The average molecular weight is 301 g/mol. The zero-order chi connectivity index (χ0) is 14.8. The predicted molar refractivity (Wildman–Crippen MR) is 90.2 cm³/mol. The van der Waals surface area contributed by atoms with E-state index in [0.717, 1.165) is 18.2 Å². The summed E-state index contributed by atoms with van der Waals surface area (Å²) in [7, 11) is 0. The molecule has 0 saturated heterocycles. The first-order chi connectivity index (χ1) is 10.2. The highest BCUT2D eigenvalue weighted by Gasteiger charge is 2.21. The van der Waals surface area contributed by atoms with Gasteiger partial charge in [0.15, 0.2) is 5.82 Å². The summed E-state index contributed by atoms with van der Waals surface area (Å²) in [5.74, 6) is 2.47. The zero-order valence-corrected chi connectivity index (χ0v) is 13.9. The Kier molecular flexibility index (Phi) is 4.24. The lowest BCUT2D eigenvalue weighted by Gasteiger charge is -2.13. The van der Waals surface area contributed by atoms with Crippen molar-refractivity contribution < 1.29 is 0 Å². The summed E-state index contributed by atoms with van der Waals surface area (Å²) in [5, 5.41) is 3.36. The number of anilines is 1. The molecule has 0 spiro atoms. The fraction of sp³-hybridized carbons (Fsp3) is 0.529. The van der Waals surface area contributed by atoms with Gasteiger partial charge in [0.25, 0.3) is 0 Å². The molecular weight excluding hydrogens is 278 g/mol. The third kappa shape index (κ3) is 3.10. The van der Waals surface area contributed by atoms with Crippen LogP contribution in [-0.4, -0.2) is 16.5 Å². The largest absolute Gasteiger partial charge is 0.370 e. The molecule has 112 valence electrons. The fourth-order valence-corrected chi connectivity index (χ4v) is 4.06. The molecular formula is C17H23N3S. The summed E-state index contributed by atoms with van der Waals surface area (Å²) in [4.78, 5) is 12.2. The van der Waals surface area contributed by atoms with Gasteiger partial charge in [-0.3, -0.25) is 0 Å². The van der Waals surface area contributed by atoms with Gasteiger partial charge < -0.3 is 5.32 Å². The van der Waals surface area contributed by atoms with Crippen molar-refractivity contribution in [2.75, 3.05) is 11.9 Å². The molecule has 0 radical (unpaired) electrons. The standard InChI is InChI=1S/C17H23N3S/c1-4-18-16-10-15(13-7-5-6-8-13)19-17(20-16)14-9-11(2)21-12(14)3/h9-10,13H,4-8H2,1-3H3,(H,18,19,20). The minimum absolute atomic E-state index is 0.615. The Bertz CT molecular complexity index is 627. The molecule has 2 heterocycles. The van der Waals surface area contributed by atoms with Crippen molar-refractivity contribution >= 4 is 17.2 Å². The topological polar surface area (TPSA) is 37.8 Å². The Morgan fingerprint density at radius 1 is 1.19 bits per heavy atom. The van der Waals surface area contributed by atoms with E-state index in [-0.39, 0.29) is 0 Å². The minimum Gasteiger partial charge on any atom is -0.370 e. The molecule has 3 rings (SSSR count). The van der Waals surface area contributed by atoms with Gasteiger partial charge in [-0.15, -0.1) is 11.3 Å². The van der Waals surface area contributed by atoms with Gasteiger partial charge in [0.1, 0.15) is 5.82 Å². The van der Waals surface area contributed by atoms with E-state index in [1.807, 2.05) is 11.3 Å². The van der Waals surface area contributed by atoms with Crippen molar-refractivity contribution in [1.82, 2.24) is 9.97 Å². The molecule has 3 nitrogen and oxygen atoms in total. The highest BCUT2D eigenvalue weighted by molar-refractivity contribution is 7.12. The van der Waals surface area contributed by atoms with Crippen LogP contribution in [0.5, 0.6) is 0 Å². The normalized spacial score (nSPS) is 15.6. The van der Waals surface area contributed by atoms with E-state index in [0.29, 0.717) is 5.92 Å². The number of rotatable bonds is 4. The molecule has 0 bridgehead atoms. The first-order valence-corrected chi connectivity index (χ1v) is 8.69. The molecule has 0 aromatic carbocycles. The second-order valence-corrected chi connectivity index (χ2v) is 7.30. The van der Waals surface area contributed by atoms with E-state index in [1.54, 1.807) is 0 Å². The van der Waals surface area contributed by atoms with Gasteiger partial charge in [-0.05, 0) is 39.7 Å². The minimum atomic E-state index is 0.615. The lowest BCUT2D eigenvalue weighted by molar-refractivity contribution is 0.695. The van der Waals surface area contributed by atoms with E-state index in [9.17, 15) is 0 Å². The van der Waals surface area contributed by atoms with Crippen molar-refractivity contribution in [3.63, 3.8) is 0 Å². The summed E-state index contributed by atoms with van der Waals surface area (Å²) in [6, 6.07) is 4.36. The van der Waals surface area contributed by atoms with E-state index in [2.05, 4.69) is 38.2 Å². The Balaban J connectivity index is 2.04. The highest BCUT2D eigenvalue weighted by Crippen LogP contribution is 2.36. The smallest absolute Gasteiger partial charge is 0.162 e. The average Bonchev–Trinajstić information content (AvgIpc) is 3.08. The second-order valence-electron chi connectivity index (χ2n) is 5.84. The number of nitrogens with one attached hydrogen (secondary N) is 1. The van der Waals surface area contributed by atoms with Crippen LogP contribution in [0.25, 0.3) is 11.4 Å². The molecule has 4 heteroatoms. The maximum Gasteiger partial charge on any atom is 0.162 e. The van der Waals surface area contributed by atoms with Gasteiger partial charge in [0.05, 0.1) is 0 Å². The molecule has 1 saturated carbocycles. The number of nitrogens with zero attached hydrogens (tertiary/aromatic N) is 2. The van der Waals surface area contributed by atoms with Crippen molar-refractivity contribution in [3.05, 3.63) is 27.6 Å². The van der Waals surface area contributed by atoms with Gasteiger partial charge >= 0.3 is 0 Å². The molecule has 0 atom stereocenters. The van der Waals surface area contributed by atoms with Crippen LogP contribution in [0.4, 0.5) is 5.82 Å². The monoisotopic (exact) mass is 301 g/mol. The van der Waals surface area contributed by atoms with E-state index < -0.39 is 0 Å². The molecule has 0 amide bonds. The molecule has 1 aliphatic carbocycles. The zero-order valence-electron chi connectivity index (χ0n) is 13.1. The predicted octanol–water partition coefficient (Wildman–Crippen LogP) is 4.91. The Morgan fingerprint density at radius 3 is 2.57 bits per heavy atom. The van der Waals surface area contributed by atoms with Gasteiger partial charge in [0, 0.05) is 39.5 Å². The summed E-state index contributed by atoms with van der Waals surface area (Å²) in [6.07, 6.45) is 5.20. The van der Waals surface area contributed by atoms with Crippen LogP contribution < -0.4 is 5.32 Å². The maximum absolute atomic E-state index is 4.90. The molecule has 1 aliphatic rings. The molecule has 2 aromatic heterocycles. The van der Waals surface area contributed by atoms with E-state index in [1.165, 1.54) is 46.7 Å². The van der Waals surface area contributed by atoms with Gasteiger partial charge in [-0.2, -0.15) is 0 Å². The van der Waals surface area contributed by atoms with Gasteiger partial charge in [-0.25, -0.2) is 9.97 Å². The van der Waals surface area contributed by atoms with Gasteiger partial charge in [-0.1, -0.05) is 12.8 Å². The quantitative estimate of drug-likeness (QED) is 0.871. The van der Waals surface area contributed by atoms with E-state index in [4.69, 9.17) is 9.97 Å². The van der Waals surface area contributed by atoms with Crippen molar-refractivity contribution in [1.29, 1.82) is 0 Å². The number of hydrogen-bond donors (Lipinski definition) is 1. The first kappa shape index (κ1) is 14.5. The van der Waals surface area contributed by atoms with Crippen LogP contribution in [0.15, 0.2) is 12.1 Å². The third-order valence-corrected chi connectivity index (χ3v) is 5.13. The number of thiophene rings is 1. The number of aryl methyl sites for hydroxylation is 2. The van der Waals surface area contributed by atoms with Crippen LogP contribution in [0.3, 0.4) is 0 Å². The summed E-state index contributed by atoms with van der Waals surface area (Å²) >= 11 is 1.82. The molecule has 0 aliphatic heterocycles. The van der Waals surface area contributed by atoms with Crippen molar-refractivity contribution in [3.8, 4) is 11.4 Å². The Morgan fingerprint density at radius 2 is 1.95 bits per heavy atom. The Hall–Kier alpha value is -1.42. The summed E-state index contributed by atoms with van der Waals surface area (Å²) in [6.45, 7) is 7.30. The molecule has 1 N–H and O–H groups in total. The maximum atomic E-state index is 4.90. The highest BCUT2D eigenvalue weighted by atomic mass is 32.1. The van der Waals surface area contributed by atoms with Crippen LogP contribution in [0.1, 0.15) is 54.0 Å². The first-order valence-electron chi connectivity index (χ1n) is 7.87. The molecule has 0 unspecified atom stereocenters. The summed E-state index contributed by atoms with van der Waals surface area (Å²) in [5.41, 5.74) is 2.41.